The van der Waals surface area contributed by atoms with Gasteiger partial charge in [0.2, 0.25) is 0 Å². The number of anilines is 2. The molecule has 1 amide bonds. The van der Waals surface area contributed by atoms with Crippen molar-refractivity contribution in [2.24, 2.45) is 0 Å². The summed E-state index contributed by atoms with van der Waals surface area (Å²) >= 11 is 2.93. The van der Waals surface area contributed by atoms with E-state index in [1.54, 1.807) is 0 Å². The average Bonchev–Trinajstić information content (AvgIpc) is 3.79. The smallest absolute Gasteiger partial charge is 0.357 e. The minimum atomic E-state index is -0.727. The predicted octanol–water partition coefficient (Wildman–Crippen LogP) is 8.53. The first-order valence-electron chi connectivity index (χ1n) is 17.9. The van der Waals surface area contributed by atoms with E-state index in [9.17, 15) is 14.4 Å². The summed E-state index contributed by atoms with van der Waals surface area (Å²) in [6, 6.07) is 21.4. The lowest BCUT2D eigenvalue weighted by molar-refractivity contribution is -0.137. The minimum absolute atomic E-state index is 0.199. The number of fused-ring (bicyclic) bond motifs is 2. The summed E-state index contributed by atoms with van der Waals surface area (Å²) in [6.07, 6.45) is 7.90. The van der Waals surface area contributed by atoms with Crippen LogP contribution >= 0.6 is 22.7 Å². The Morgan fingerprint density at radius 1 is 0.925 bits per heavy atom. The summed E-state index contributed by atoms with van der Waals surface area (Å²) in [5.74, 6) is 5.78. The van der Waals surface area contributed by atoms with Gasteiger partial charge in [0.05, 0.1) is 23.9 Å². The number of ether oxygens (including phenoxy) is 2. The number of carbonyl (C=O) groups excluding carboxylic acids is 2. The number of aliphatic carboxylic acids is 1. The molecule has 0 aliphatic carbocycles. The maximum absolute atomic E-state index is 13.5. The van der Waals surface area contributed by atoms with E-state index in [1.165, 1.54) is 29.8 Å². The van der Waals surface area contributed by atoms with Gasteiger partial charge in [0.1, 0.15) is 5.75 Å². The normalized spacial score (nSPS) is 12.1. The highest BCUT2D eigenvalue weighted by atomic mass is 32.1. The van der Waals surface area contributed by atoms with Gasteiger partial charge >= 0.3 is 11.9 Å². The van der Waals surface area contributed by atoms with Crippen molar-refractivity contribution in [3.8, 4) is 17.6 Å². The number of nitrogens with one attached hydrogen (secondary N) is 1. The second-order valence-corrected chi connectivity index (χ2v) is 14.8. The van der Waals surface area contributed by atoms with Crippen LogP contribution in [0.3, 0.4) is 0 Å². The molecule has 10 nitrogen and oxygen atoms in total. The van der Waals surface area contributed by atoms with Gasteiger partial charge in [0.15, 0.2) is 16.0 Å². The second-order valence-electron chi connectivity index (χ2n) is 12.8. The summed E-state index contributed by atoms with van der Waals surface area (Å²) in [4.78, 5) is 49.1. The Morgan fingerprint density at radius 2 is 1.74 bits per heavy atom. The number of esters is 1. The molecule has 3 heterocycles. The van der Waals surface area contributed by atoms with Crippen molar-refractivity contribution in [2.45, 2.75) is 70.8 Å². The Balaban J connectivity index is 1.01. The molecule has 0 unspecified atom stereocenters. The number of carboxylic acids is 1. The zero-order chi connectivity index (χ0) is 37.0. The van der Waals surface area contributed by atoms with Crippen molar-refractivity contribution in [3.05, 3.63) is 99.6 Å². The summed E-state index contributed by atoms with van der Waals surface area (Å²) in [5.41, 5.74) is 4.78. The van der Waals surface area contributed by atoms with Gasteiger partial charge in [-0.05, 0) is 85.7 Å². The molecule has 0 saturated carbocycles. The third kappa shape index (κ3) is 10.2. The number of aryl methyl sites for hydroxylation is 1. The molecule has 0 radical (unpaired) electrons. The molecule has 0 saturated heterocycles. The molecule has 1 aliphatic rings. The van der Waals surface area contributed by atoms with Crippen molar-refractivity contribution in [1.29, 1.82) is 0 Å². The number of rotatable bonds is 16. The Morgan fingerprint density at radius 3 is 2.55 bits per heavy atom. The van der Waals surface area contributed by atoms with E-state index in [0.717, 1.165) is 87.6 Å². The van der Waals surface area contributed by atoms with Crippen molar-refractivity contribution >= 4 is 61.0 Å². The summed E-state index contributed by atoms with van der Waals surface area (Å²) < 4.78 is 12.1. The second kappa shape index (κ2) is 18.5. The number of para-hydroxylation sites is 1. The van der Waals surface area contributed by atoms with E-state index in [2.05, 4.69) is 33.1 Å². The largest absolute Gasteiger partial charge is 0.494 e. The van der Waals surface area contributed by atoms with Crippen LogP contribution in [0.4, 0.5) is 10.3 Å². The summed E-state index contributed by atoms with van der Waals surface area (Å²) in [7, 11) is 1.36. The van der Waals surface area contributed by atoms with Crippen LogP contribution in [0.15, 0.2) is 66.7 Å². The number of thiazole rings is 2. The van der Waals surface area contributed by atoms with Gasteiger partial charge in [-0.3, -0.25) is 14.9 Å². The molecule has 274 valence electrons. The molecular weight excluding hydrogens is 709 g/mol. The first kappa shape index (κ1) is 37.5. The van der Waals surface area contributed by atoms with Crippen molar-refractivity contribution < 1.29 is 29.0 Å². The Labute approximate surface area is 317 Å². The minimum Gasteiger partial charge on any atom is -0.494 e. The first-order chi connectivity index (χ1) is 25.9. The molecule has 3 aromatic carbocycles. The number of unbranched alkanes of at least 4 members (excludes halogenated alkanes) is 5. The maximum atomic E-state index is 13.5. The van der Waals surface area contributed by atoms with E-state index in [4.69, 9.17) is 19.6 Å². The molecule has 6 rings (SSSR count). The molecule has 0 atom stereocenters. The fraction of sp³-hybridized carbons (Fsp3) is 0.341. The number of hydrogen-bond donors (Lipinski definition) is 2. The lowest BCUT2D eigenvalue weighted by atomic mass is 9.94. The lowest BCUT2D eigenvalue weighted by Gasteiger charge is -2.29. The van der Waals surface area contributed by atoms with Crippen molar-refractivity contribution in [3.63, 3.8) is 0 Å². The van der Waals surface area contributed by atoms with E-state index in [0.29, 0.717) is 48.9 Å². The number of benzene rings is 3. The highest BCUT2D eigenvalue weighted by Crippen LogP contribution is 2.33. The van der Waals surface area contributed by atoms with Gasteiger partial charge in [-0.15, -0.1) is 11.3 Å². The molecule has 12 heteroatoms. The van der Waals surface area contributed by atoms with Crippen LogP contribution in [0.5, 0.6) is 5.75 Å². The zero-order valence-corrected chi connectivity index (χ0v) is 31.3. The average molecular weight is 751 g/mol. The van der Waals surface area contributed by atoms with Crippen LogP contribution in [-0.2, 0) is 28.9 Å². The fourth-order valence-corrected chi connectivity index (χ4v) is 8.16. The molecule has 2 N–H and O–H groups in total. The first-order valence-corrected chi connectivity index (χ1v) is 19.6. The number of nitrogens with zero attached hydrogens (tertiary/aromatic N) is 3. The van der Waals surface area contributed by atoms with Crippen LogP contribution in [0.25, 0.3) is 10.2 Å². The van der Waals surface area contributed by atoms with E-state index >= 15 is 0 Å². The standard InChI is InChI=1S/C41H42N4O6S2/c1-50-39(49)37-35(18-12-26-51-30-22-20-28(21-23-30)13-7-5-3-2-4-6-8-19-36(46)47)53-41(43-37)45-25-24-29-14-11-15-31(32(29)27-45)38(48)44-40-42-33-16-9-10-17-34(33)52-40/h9-11,14-17,20-23H,2-6,8,12,18-19,24-27H2,1H3,(H,46,47)(H,42,44,48). The van der Waals surface area contributed by atoms with Crippen LogP contribution < -0.4 is 15.0 Å². The molecular formula is C41H42N4O6S2. The van der Waals surface area contributed by atoms with E-state index in [1.807, 2.05) is 60.7 Å². The van der Waals surface area contributed by atoms with E-state index in [-0.39, 0.29) is 12.3 Å². The molecule has 53 heavy (non-hydrogen) atoms. The van der Waals surface area contributed by atoms with Gasteiger partial charge in [0, 0.05) is 41.9 Å². The van der Waals surface area contributed by atoms with Gasteiger partial charge in [-0.1, -0.05) is 66.7 Å². The highest BCUT2D eigenvalue weighted by molar-refractivity contribution is 7.22. The summed E-state index contributed by atoms with van der Waals surface area (Å²) in [6.45, 7) is 1.67. The number of carboxylic acid groups (broad SMARTS) is 1. The predicted molar refractivity (Wildman–Crippen MR) is 209 cm³/mol. The maximum Gasteiger partial charge on any atom is 0.357 e. The van der Waals surface area contributed by atoms with Crippen LogP contribution in [0.1, 0.15) is 93.8 Å². The fourth-order valence-electron chi connectivity index (χ4n) is 6.19. The van der Waals surface area contributed by atoms with Crippen molar-refractivity contribution in [2.75, 3.05) is 30.5 Å². The van der Waals surface area contributed by atoms with Crippen molar-refractivity contribution in [1.82, 2.24) is 9.97 Å². The van der Waals surface area contributed by atoms with Gasteiger partial charge in [-0.25, -0.2) is 14.8 Å². The number of carbonyl (C=O) groups is 3. The topological polar surface area (TPSA) is 131 Å². The Kier molecular flexibility index (Phi) is 13.1. The van der Waals surface area contributed by atoms with Crippen LogP contribution in [0, 0.1) is 11.8 Å². The highest BCUT2D eigenvalue weighted by Gasteiger charge is 2.27. The van der Waals surface area contributed by atoms with Gasteiger partial charge < -0.3 is 19.5 Å². The third-order valence-corrected chi connectivity index (χ3v) is 11.1. The molecule has 0 fully saturated rings. The van der Waals surface area contributed by atoms with E-state index < -0.39 is 11.9 Å². The molecule has 0 bridgehead atoms. The number of aromatic nitrogens is 2. The molecule has 0 spiro atoms. The number of amides is 1. The molecule has 5 aromatic rings. The number of methoxy groups -OCH3 is 1. The molecule has 1 aliphatic heterocycles. The van der Waals surface area contributed by atoms with Crippen LogP contribution in [-0.4, -0.2) is 53.2 Å². The Hall–Kier alpha value is -5.25. The summed E-state index contributed by atoms with van der Waals surface area (Å²) in [5, 5.41) is 13.0. The quantitative estimate of drug-likeness (QED) is 0.0579. The SMILES string of the molecule is COC(=O)c1nc(N2CCc3cccc(C(=O)Nc4nc5ccccc5s4)c3C2)sc1CCCOc1ccc(C#CCCCCCCCC(=O)O)cc1. The number of hydrogen-bond acceptors (Lipinski definition) is 10. The van der Waals surface area contributed by atoms with Crippen LogP contribution in [0.2, 0.25) is 0 Å². The van der Waals surface area contributed by atoms with Gasteiger partial charge in [0.25, 0.3) is 5.91 Å². The zero-order valence-electron chi connectivity index (χ0n) is 29.7. The lowest BCUT2D eigenvalue weighted by Crippen LogP contribution is -2.32. The third-order valence-electron chi connectivity index (χ3n) is 8.96. The molecule has 2 aromatic heterocycles. The Bertz CT molecular complexity index is 2080. The monoisotopic (exact) mass is 750 g/mol. The van der Waals surface area contributed by atoms with Gasteiger partial charge in [-0.2, -0.15) is 0 Å².